The van der Waals surface area contributed by atoms with Crippen molar-refractivity contribution in [2.24, 2.45) is 11.1 Å². The Balaban J connectivity index is 2.36. The minimum atomic E-state index is -0.223. The Morgan fingerprint density at radius 2 is 2.06 bits per heavy atom. The fraction of sp³-hybridized carbons (Fsp3) is 0.571. The Kier molecular flexibility index (Phi) is 4.94. The standard InChI is InChI=1S/C14H22FNO/c1-11-9-12(15)5-6-13(11)17-8-4-7-14(2,3)10-16/h5-6,9H,4,7-8,10,16H2,1-3H3. The molecule has 0 saturated carbocycles. The maximum absolute atomic E-state index is 12.9. The van der Waals surface area contributed by atoms with E-state index in [1.54, 1.807) is 6.07 Å². The van der Waals surface area contributed by atoms with Crippen LogP contribution in [0.25, 0.3) is 0 Å². The van der Waals surface area contributed by atoms with E-state index in [4.69, 9.17) is 10.5 Å². The van der Waals surface area contributed by atoms with Crippen LogP contribution in [0, 0.1) is 18.2 Å². The van der Waals surface area contributed by atoms with Gasteiger partial charge in [-0.1, -0.05) is 13.8 Å². The largest absolute Gasteiger partial charge is 0.493 e. The van der Waals surface area contributed by atoms with Crippen molar-refractivity contribution >= 4 is 0 Å². The lowest BCUT2D eigenvalue weighted by Crippen LogP contribution is -2.24. The zero-order valence-electron chi connectivity index (χ0n) is 10.9. The molecular weight excluding hydrogens is 217 g/mol. The molecule has 0 spiro atoms. The first-order valence-electron chi connectivity index (χ1n) is 6.04. The topological polar surface area (TPSA) is 35.2 Å². The molecule has 0 aliphatic heterocycles. The molecule has 0 aromatic heterocycles. The zero-order chi connectivity index (χ0) is 12.9. The van der Waals surface area contributed by atoms with E-state index in [1.165, 1.54) is 12.1 Å². The number of hydrogen-bond acceptors (Lipinski definition) is 2. The molecule has 0 amide bonds. The quantitative estimate of drug-likeness (QED) is 0.773. The molecule has 1 aromatic carbocycles. The summed E-state index contributed by atoms with van der Waals surface area (Å²) in [7, 11) is 0. The van der Waals surface area contributed by atoms with Crippen LogP contribution < -0.4 is 10.5 Å². The van der Waals surface area contributed by atoms with Crippen molar-refractivity contribution in [3.05, 3.63) is 29.6 Å². The summed E-state index contributed by atoms with van der Waals surface area (Å²) in [5.74, 6) is 0.538. The van der Waals surface area contributed by atoms with Gasteiger partial charge in [-0.3, -0.25) is 0 Å². The minimum Gasteiger partial charge on any atom is -0.493 e. The first-order valence-corrected chi connectivity index (χ1v) is 6.04. The molecule has 0 aliphatic carbocycles. The van der Waals surface area contributed by atoms with Gasteiger partial charge in [-0.25, -0.2) is 4.39 Å². The summed E-state index contributed by atoms with van der Waals surface area (Å²) < 4.78 is 18.5. The number of halogens is 1. The number of nitrogens with two attached hydrogens (primary N) is 1. The summed E-state index contributed by atoms with van der Waals surface area (Å²) in [6, 6.07) is 4.59. The molecule has 0 bridgehead atoms. The van der Waals surface area contributed by atoms with Crippen LogP contribution >= 0.6 is 0 Å². The van der Waals surface area contributed by atoms with Gasteiger partial charge < -0.3 is 10.5 Å². The fourth-order valence-electron chi connectivity index (χ4n) is 1.61. The Bertz CT molecular complexity index is 363. The van der Waals surface area contributed by atoms with E-state index >= 15 is 0 Å². The van der Waals surface area contributed by atoms with Gasteiger partial charge in [0.1, 0.15) is 11.6 Å². The van der Waals surface area contributed by atoms with Crippen LogP contribution in [0.15, 0.2) is 18.2 Å². The van der Waals surface area contributed by atoms with Gasteiger partial charge in [-0.15, -0.1) is 0 Å². The number of hydrogen-bond donors (Lipinski definition) is 1. The van der Waals surface area contributed by atoms with E-state index in [-0.39, 0.29) is 11.2 Å². The molecule has 0 aliphatic rings. The SMILES string of the molecule is Cc1cc(F)ccc1OCCCC(C)(C)CN. The summed E-state index contributed by atoms with van der Waals surface area (Å²) >= 11 is 0. The smallest absolute Gasteiger partial charge is 0.123 e. The Morgan fingerprint density at radius 1 is 1.35 bits per heavy atom. The molecule has 1 aromatic rings. The van der Waals surface area contributed by atoms with Crippen LogP contribution in [-0.4, -0.2) is 13.2 Å². The van der Waals surface area contributed by atoms with Crippen LogP contribution in [0.2, 0.25) is 0 Å². The normalized spacial score (nSPS) is 11.6. The van der Waals surface area contributed by atoms with Crippen molar-refractivity contribution < 1.29 is 9.13 Å². The lowest BCUT2D eigenvalue weighted by Gasteiger charge is -2.22. The van der Waals surface area contributed by atoms with Gasteiger partial charge in [-0.2, -0.15) is 0 Å². The molecule has 96 valence electrons. The molecule has 0 saturated heterocycles. The fourth-order valence-corrected chi connectivity index (χ4v) is 1.61. The average Bonchev–Trinajstić information content (AvgIpc) is 2.27. The van der Waals surface area contributed by atoms with Gasteiger partial charge in [0.2, 0.25) is 0 Å². The molecule has 0 heterocycles. The van der Waals surface area contributed by atoms with E-state index < -0.39 is 0 Å². The Labute approximate surface area is 103 Å². The first-order chi connectivity index (χ1) is 7.94. The monoisotopic (exact) mass is 239 g/mol. The van der Waals surface area contributed by atoms with Gasteiger partial charge in [0.25, 0.3) is 0 Å². The van der Waals surface area contributed by atoms with Crippen LogP contribution in [0.3, 0.4) is 0 Å². The lowest BCUT2D eigenvalue weighted by molar-refractivity contribution is 0.260. The predicted molar refractivity (Wildman–Crippen MR) is 68.7 cm³/mol. The van der Waals surface area contributed by atoms with Crippen LogP contribution in [-0.2, 0) is 0 Å². The van der Waals surface area contributed by atoms with E-state index in [2.05, 4.69) is 13.8 Å². The molecular formula is C14H22FNO. The third-order valence-electron chi connectivity index (χ3n) is 2.95. The molecule has 0 fully saturated rings. The van der Waals surface area contributed by atoms with Crippen molar-refractivity contribution in [2.45, 2.75) is 33.6 Å². The van der Waals surface area contributed by atoms with Crippen molar-refractivity contribution in [3.8, 4) is 5.75 Å². The molecule has 0 unspecified atom stereocenters. The molecule has 1 rings (SSSR count). The second kappa shape index (κ2) is 6.01. The molecule has 2 nitrogen and oxygen atoms in total. The van der Waals surface area contributed by atoms with Crippen molar-refractivity contribution in [1.82, 2.24) is 0 Å². The highest BCUT2D eigenvalue weighted by molar-refractivity contribution is 5.32. The van der Waals surface area contributed by atoms with Gasteiger partial charge in [0.15, 0.2) is 0 Å². The second-order valence-electron chi connectivity index (χ2n) is 5.23. The van der Waals surface area contributed by atoms with E-state index in [9.17, 15) is 4.39 Å². The summed E-state index contributed by atoms with van der Waals surface area (Å²) in [6.45, 7) is 7.48. The van der Waals surface area contributed by atoms with Crippen molar-refractivity contribution in [2.75, 3.05) is 13.2 Å². The summed E-state index contributed by atoms with van der Waals surface area (Å²) in [5, 5.41) is 0. The zero-order valence-corrected chi connectivity index (χ0v) is 10.9. The highest BCUT2D eigenvalue weighted by atomic mass is 19.1. The van der Waals surface area contributed by atoms with Gasteiger partial charge in [0.05, 0.1) is 6.61 Å². The highest BCUT2D eigenvalue weighted by Crippen LogP contribution is 2.22. The number of aryl methyl sites for hydroxylation is 1. The predicted octanol–water partition coefficient (Wildman–Crippen LogP) is 3.28. The van der Waals surface area contributed by atoms with Crippen LogP contribution in [0.1, 0.15) is 32.3 Å². The van der Waals surface area contributed by atoms with Crippen LogP contribution in [0.5, 0.6) is 5.75 Å². The molecule has 17 heavy (non-hydrogen) atoms. The third-order valence-corrected chi connectivity index (χ3v) is 2.95. The summed E-state index contributed by atoms with van der Waals surface area (Å²) in [5.41, 5.74) is 6.66. The molecule has 2 N–H and O–H groups in total. The summed E-state index contributed by atoms with van der Waals surface area (Å²) in [6.07, 6.45) is 1.99. The number of ether oxygens (including phenoxy) is 1. The minimum absolute atomic E-state index is 0.168. The highest BCUT2D eigenvalue weighted by Gasteiger charge is 2.14. The first kappa shape index (κ1) is 14.0. The van der Waals surface area contributed by atoms with Crippen LogP contribution in [0.4, 0.5) is 4.39 Å². The van der Waals surface area contributed by atoms with Gasteiger partial charge >= 0.3 is 0 Å². The van der Waals surface area contributed by atoms with E-state index in [0.717, 1.165) is 24.2 Å². The number of benzene rings is 1. The van der Waals surface area contributed by atoms with Crippen molar-refractivity contribution in [1.29, 1.82) is 0 Å². The van der Waals surface area contributed by atoms with Gasteiger partial charge in [0, 0.05) is 0 Å². The Morgan fingerprint density at radius 3 is 2.65 bits per heavy atom. The maximum Gasteiger partial charge on any atom is 0.123 e. The van der Waals surface area contributed by atoms with Crippen molar-refractivity contribution in [3.63, 3.8) is 0 Å². The van der Waals surface area contributed by atoms with E-state index in [1.807, 2.05) is 6.92 Å². The lowest BCUT2D eigenvalue weighted by atomic mass is 9.88. The maximum atomic E-state index is 12.9. The van der Waals surface area contributed by atoms with Gasteiger partial charge in [-0.05, 0) is 55.5 Å². The third kappa shape index (κ3) is 4.73. The molecule has 0 atom stereocenters. The summed E-state index contributed by atoms with van der Waals surface area (Å²) in [4.78, 5) is 0. The second-order valence-corrected chi connectivity index (χ2v) is 5.23. The average molecular weight is 239 g/mol. The Hall–Kier alpha value is -1.09. The number of rotatable bonds is 6. The van der Waals surface area contributed by atoms with E-state index in [0.29, 0.717) is 13.2 Å². The molecule has 0 radical (unpaired) electrons. The molecule has 3 heteroatoms.